The van der Waals surface area contributed by atoms with Gasteiger partial charge in [0.25, 0.3) is 0 Å². The van der Waals surface area contributed by atoms with E-state index in [0.717, 1.165) is 0 Å². The number of amides is 2. The summed E-state index contributed by atoms with van der Waals surface area (Å²) >= 11 is 0. The number of ketones is 2. The number of Topliss-reactive ketones (excluding diaryl/α,β-unsaturated/α-hetero) is 1. The van der Waals surface area contributed by atoms with Crippen LogP contribution in [-0.2, 0) is 28.5 Å². The summed E-state index contributed by atoms with van der Waals surface area (Å²) in [7, 11) is 0. The lowest BCUT2D eigenvalue weighted by atomic mass is 9.44. The van der Waals surface area contributed by atoms with Crippen molar-refractivity contribution < 1.29 is 57.8 Å². The zero-order chi connectivity index (χ0) is 33.8. The van der Waals surface area contributed by atoms with Gasteiger partial charge < -0.3 is 44.9 Å². The van der Waals surface area contributed by atoms with E-state index in [1.54, 1.807) is 26.8 Å². The fourth-order valence-electron chi connectivity index (χ4n) is 8.40. The van der Waals surface area contributed by atoms with Crippen LogP contribution in [0.25, 0.3) is 0 Å². The number of allylic oxidation sites excluding steroid dienone is 4. The van der Waals surface area contributed by atoms with Gasteiger partial charge in [-0.05, 0) is 56.6 Å². The minimum absolute atomic E-state index is 0.0225. The van der Waals surface area contributed by atoms with Gasteiger partial charge in [-0.1, -0.05) is 25.5 Å². The van der Waals surface area contributed by atoms with Crippen molar-refractivity contribution in [2.75, 3.05) is 59.3 Å². The van der Waals surface area contributed by atoms with Crippen LogP contribution in [0.3, 0.4) is 0 Å². The number of alkyl carbamates (subject to hydrolysis) is 2. The van der Waals surface area contributed by atoms with Crippen LogP contribution in [0, 0.1) is 28.6 Å². The first-order chi connectivity index (χ1) is 21.8. The fourth-order valence-corrected chi connectivity index (χ4v) is 8.40. The second-order valence-corrected chi connectivity index (χ2v) is 13.1. The van der Waals surface area contributed by atoms with E-state index >= 15 is 4.39 Å². The maximum Gasteiger partial charge on any atom is 0.407 e. The standard InChI is InChI=1S/C32H47FN2O11/c1-20-16-24-23-5-4-21-17-22(37)6-7-29(21,2)31(23,33)25(38)18-30(24,3)32(20,42)26(39)19-46-28(41)35-9-12-44-14-15-45-27(40)34-8-11-43-13-10-36/h6-7,17,20,23-25,36,38,42H,4-5,8-16,18-19H2,1-3H3,(H,34,40)(H,35,41)/t20-,23?,24?,25?,29?,30?,31+,32+/m1/s1. The van der Waals surface area contributed by atoms with E-state index in [1.165, 1.54) is 12.2 Å². The van der Waals surface area contributed by atoms with Crippen molar-refractivity contribution >= 4 is 23.8 Å². The summed E-state index contributed by atoms with van der Waals surface area (Å²) < 4.78 is 37.6. The molecule has 8 atom stereocenters. The number of aliphatic hydroxyl groups is 3. The van der Waals surface area contributed by atoms with Crippen molar-refractivity contribution in [1.82, 2.24) is 10.6 Å². The van der Waals surface area contributed by atoms with Crippen LogP contribution >= 0.6 is 0 Å². The van der Waals surface area contributed by atoms with Crippen LogP contribution in [0.5, 0.6) is 0 Å². The second kappa shape index (κ2) is 14.5. The molecule has 258 valence electrons. The molecule has 4 rings (SSSR count). The Morgan fingerprint density at radius 2 is 1.65 bits per heavy atom. The maximum absolute atomic E-state index is 17.3. The van der Waals surface area contributed by atoms with Crippen LogP contribution in [0.2, 0.25) is 0 Å². The van der Waals surface area contributed by atoms with Gasteiger partial charge in [0, 0.05) is 29.8 Å². The predicted molar refractivity (Wildman–Crippen MR) is 160 cm³/mol. The first-order valence-corrected chi connectivity index (χ1v) is 15.9. The molecule has 4 aliphatic carbocycles. The molecule has 0 bridgehead atoms. The van der Waals surface area contributed by atoms with Gasteiger partial charge in [-0.2, -0.15) is 0 Å². The van der Waals surface area contributed by atoms with Crippen LogP contribution < -0.4 is 10.6 Å². The van der Waals surface area contributed by atoms with E-state index in [4.69, 9.17) is 24.1 Å². The lowest BCUT2D eigenvalue weighted by molar-refractivity contribution is -0.219. The highest BCUT2D eigenvalue weighted by Gasteiger charge is 2.75. The lowest BCUT2D eigenvalue weighted by Gasteiger charge is -2.62. The highest BCUT2D eigenvalue weighted by molar-refractivity contribution is 6.01. The minimum Gasteiger partial charge on any atom is -0.447 e. The Balaban J connectivity index is 1.24. The molecular formula is C32H47FN2O11. The largest absolute Gasteiger partial charge is 0.447 e. The van der Waals surface area contributed by atoms with Gasteiger partial charge in [-0.3, -0.25) is 9.59 Å². The first-order valence-electron chi connectivity index (χ1n) is 15.9. The average Bonchev–Trinajstić information content (AvgIpc) is 3.21. The quantitative estimate of drug-likeness (QED) is 0.170. The average molecular weight is 655 g/mol. The van der Waals surface area contributed by atoms with E-state index in [-0.39, 0.29) is 64.9 Å². The summed E-state index contributed by atoms with van der Waals surface area (Å²) in [5.41, 5.74) is -5.74. The van der Waals surface area contributed by atoms with Gasteiger partial charge in [0.05, 0.1) is 39.1 Å². The summed E-state index contributed by atoms with van der Waals surface area (Å²) in [5.74, 6) is -2.59. The molecular weight excluding hydrogens is 607 g/mol. The Bertz CT molecular complexity index is 1230. The third-order valence-electron chi connectivity index (χ3n) is 10.7. The van der Waals surface area contributed by atoms with E-state index < -0.39 is 70.5 Å². The minimum atomic E-state index is -2.08. The van der Waals surface area contributed by atoms with Crippen LogP contribution in [0.15, 0.2) is 23.8 Å². The molecule has 2 amide bonds. The number of carbonyl (C=O) groups excluding carboxylic acids is 4. The highest BCUT2D eigenvalue weighted by Crippen LogP contribution is 2.70. The number of ether oxygens (including phenoxy) is 4. The number of fused-ring (bicyclic) bond motifs is 5. The molecule has 0 aromatic heterocycles. The third kappa shape index (κ3) is 6.46. The molecule has 0 aromatic carbocycles. The van der Waals surface area contributed by atoms with Crippen LogP contribution in [0.1, 0.15) is 46.5 Å². The first kappa shape index (κ1) is 35.9. The Kier molecular flexibility index (Phi) is 11.3. The normalized spacial score (nSPS) is 36.2. The molecule has 0 aliphatic heterocycles. The van der Waals surface area contributed by atoms with Crippen molar-refractivity contribution in [2.45, 2.75) is 63.8 Å². The molecule has 5 N–H and O–H groups in total. The molecule has 5 unspecified atom stereocenters. The van der Waals surface area contributed by atoms with E-state index in [2.05, 4.69) is 10.6 Å². The molecule has 0 radical (unpaired) electrons. The SMILES string of the molecule is C[C@@H]1CC2C3CCC4=CC(=O)C=CC4(C)[C@@]3(F)C(O)CC2(C)[C@@]1(O)C(=O)COC(=O)NCCOCCOC(=O)NCCOCCO. The zero-order valence-corrected chi connectivity index (χ0v) is 26.7. The van der Waals surface area contributed by atoms with Gasteiger partial charge in [-0.15, -0.1) is 0 Å². The second-order valence-electron chi connectivity index (χ2n) is 13.1. The summed E-state index contributed by atoms with van der Waals surface area (Å²) in [4.78, 5) is 49.4. The van der Waals surface area contributed by atoms with Gasteiger partial charge in [0.15, 0.2) is 18.1 Å². The van der Waals surface area contributed by atoms with Crippen LogP contribution in [0.4, 0.5) is 14.0 Å². The molecule has 46 heavy (non-hydrogen) atoms. The van der Waals surface area contributed by atoms with Gasteiger partial charge in [0.1, 0.15) is 12.2 Å². The summed E-state index contributed by atoms with van der Waals surface area (Å²) in [6.45, 7) is 5.16. The van der Waals surface area contributed by atoms with Gasteiger partial charge >= 0.3 is 12.2 Å². The van der Waals surface area contributed by atoms with Crippen molar-refractivity contribution in [3.8, 4) is 0 Å². The van der Waals surface area contributed by atoms with E-state index in [9.17, 15) is 29.4 Å². The number of hydrogen-bond donors (Lipinski definition) is 5. The zero-order valence-electron chi connectivity index (χ0n) is 26.7. The number of carbonyl (C=O) groups is 4. The molecule has 0 aromatic rings. The molecule has 0 spiro atoms. The maximum atomic E-state index is 17.3. The molecule has 0 heterocycles. The topological polar surface area (TPSA) is 190 Å². The smallest absolute Gasteiger partial charge is 0.407 e. The fraction of sp³-hybridized carbons (Fsp3) is 0.750. The van der Waals surface area contributed by atoms with Gasteiger partial charge in [-0.25, -0.2) is 14.0 Å². The van der Waals surface area contributed by atoms with E-state index in [1.807, 2.05) is 0 Å². The van der Waals surface area contributed by atoms with Crippen LogP contribution in [-0.4, -0.2) is 116 Å². The Labute approximate surface area is 267 Å². The summed E-state index contributed by atoms with van der Waals surface area (Å²) in [6.07, 6.45) is 2.35. The number of rotatable bonds is 14. The number of alkyl halides is 1. The molecule has 14 heteroatoms. The molecule has 0 saturated heterocycles. The monoisotopic (exact) mass is 654 g/mol. The van der Waals surface area contributed by atoms with Gasteiger partial charge in [0.2, 0.25) is 5.78 Å². The number of hydrogen-bond acceptors (Lipinski definition) is 11. The number of halogens is 1. The third-order valence-corrected chi connectivity index (χ3v) is 10.7. The molecule has 3 saturated carbocycles. The van der Waals surface area contributed by atoms with Crippen molar-refractivity contribution in [3.63, 3.8) is 0 Å². The summed E-state index contributed by atoms with van der Waals surface area (Å²) in [5, 5.41) is 37.0. The molecule has 3 fully saturated rings. The summed E-state index contributed by atoms with van der Waals surface area (Å²) in [6, 6.07) is 0. The van der Waals surface area contributed by atoms with Crippen molar-refractivity contribution in [1.29, 1.82) is 0 Å². The Morgan fingerprint density at radius 1 is 1.00 bits per heavy atom. The highest BCUT2D eigenvalue weighted by atomic mass is 19.1. The number of aliphatic hydroxyl groups excluding tert-OH is 2. The van der Waals surface area contributed by atoms with Crippen molar-refractivity contribution in [2.24, 2.45) is 28.6 Å². The molecule has 13 nitrogen and oxygen atoms in total. The lowest BCUT2D eigenvalue weighted by Crippen LogP contribution is -2.69. The number of nitrogens with one attached hydrogen (secondary N) is 2. The predicted octanol–water partition coefficient (Wildman–Crippen LogP) is 1.38. The van der Waals surface area contributed by atoms with Crippen molar-refractivity contribution in [3.05, 3.63) is 23.8 Å². The Morgan fingerprint density at radius 3 is 2.33 bits per heavy atom. The Hall–Kier alpha value is -2.91. The van der Waals surface area contributed by atoms with E-state index in [0.29, 0.717) is 24.8 Å². The molecule has 4 aliphatic rings.